The molecule has 0 saturated heterocycles. The van der Waals surface area contributed by atoms with Gasteiger partial charge in [0.15, 0.2) is 0 Å². The summed E-state index contributed by atoms with van der Waals surface area (Å²) in [5.74, 6) is 0. The summed E-state index contributed by atoms with van der Waals surface area (Å²) < 4.78 is 5.35. The minimum atomic E-state index is 0.252. The van der Waals surface area contributed by atoms with E-state index < -0.39 is 0 Å². The zero-order chi connectivity index (χ0) is 11.3. The second kappa shape index (κ2) is 6.26. The third-order valence-corrected chi connectivity index (χ3v) is 4.05. The maximum absolute atomic E-state index is 5.35. The summed E-state index contributed by atoms with van der Waals surface area (Å²) in [7, 11) is 3.76. The zero-order valence-electron chi connectivity index (χ0n) is 10.0. The molecule has 0 radical (unpaired) electrons. The molecule has 1 rings (SSSR count). The van der Waals surface area contributed by atoms with Crippen molar-refractivity contribution in [2.45, 2.75) is 38.8 Å². The van der Waals surface area contributed by atoms with Crippen LogP contribution >= 0.6 is 11.3 Å². The maximum atomic E-state index is 5.35. The first-order valence-corrected chi connectivity index (χ1v) is 6.30. The lowest BCUT2D eigenvalue weighted by Crippen LogP contribution is -2.38. The van der Waals surface area contributed by atoms with Gasteiger partial charge in [0, 0.05) is 22.9 Å². The fourth-order valence-corrected chi connectivity index (χ4v) is 2.62. The molecule has 0 saturated carbocycles. The molecule has 1 aromatic rings. The molecule has 0 aliphatic rings. The maximum Gasteiger partial charge on any atom is 0.0699 e. The van der Waals surface area contributed by atoms with E-state index in [2.05, 4.69) is 31.3 Å². The highest BCUT2D eigenvalue weighted by Crippen LogP contribution is 2.19. The van der Waals surface area contributed by atoms with E-state index in [9.17, 15) is 0 Å². The molecule has 0 fully saturated rings. The van der Waals surface area contributed by atoms with E-state index in [1.807, 2.05) is 18.4 Å². The third kappa shape index (κ3) is 3.59. The number of aryl methyl sites for hydroxylation is 1. The van der Waals surface area contributed by atoms with E-state index in [-0.39, 0.29) is 6.10 Å². The smallest absolute Gasteiger partial charge is 0.0699 e. The molecule has 0 aliphatic carbocycles. The van der Waals surface area contributed by atoms with Gasteiger partial charge in [-0.2, -0.15) is 0 Å². The van der Waals surface area contributed by atoms with Gasteiger partial charge in [-0.05, 0) is 38.9 Å². The Balaban J connectivity index is 2.58. The number of likely N-dealkylation sites (N-methyl/N-ethyl adjacent to an activating group) is 1. The van der Waals surface area contributed by atoms with Crippen LogP contribution in [0, 0.1) is 0 Å². The van der Waals surface area contributed by atoms with Gasteiger partial charge in [-0.3, -0.25) is 0 Å². The van der Waals surface area contributed by atoms with Crippen LogP contribution in [0.25, 0.3) is 0 Å². The number of nitrogens with one attached hydrogen (secondary N) is 1. The number of ether oxygens (including phenoxy) is 1. The highest BCUT2D eigenvalue weighted by Gasteiger charge is 2.15. The van der Waals surface area contributed by atoms with Gasteiger partial charge in [0.1, 0.15) is 0 Å². The van der Waals surface area contributed by atoms with Crippen molar-refractivity contribution in [2.24, 2.45) is 0 Å². The average Bonchev–Trinajstić information content (AvgIpc) is 2.72. The van der Waals surface area contributed by atoms with E-state index >= 15 is 0 Å². The Morgan fingerprint density at radius 1 is 1.40 bits per heavy atom. The molecule has 86 valence electrons. The second-order valence-electron chi connectivity index (χ2n) is 3.76. The summed E-state index contributed by atoms with van der Waals surface area (Å²) in [4.78, 5) is 2.90. The summed E-state index contributed by atoms with van der Waals surface area (Å²) in [6.45, 7) is 4.30. The fourth-order valence-electron chi connectivity index (χ4n) is 1.61. The molecule has 2 atom stereocenters. The number of rotatable bonds is 6. The topological polar surface area (TPSA) is 21.3 Å². The first kappa shape index (κ1) is 12.7. The highest BCUT2D eigenvalue weighted by molar-refractivity contribution is 7.11. The lowest BCUT2D eigenvalue weighted by Gasteiger charge is -2.21. The predicted molar refractivity (Wildman–Crippen MR) is 66.7 cm³/mol. The van der Waals surface area contributed by atoms with Crippen molar-refractivity contribution in [2.75, 3.05) is 14.2 Å². The Kier molecular flexibility index (Phi) is 5.29. The summed E-state index contributed by atoms with van der Waals surface area (Å²) >= 11 is 1.91. The lowest BCUT2D eigenvalue weighted by atomic mass is 10.1. The quantitative estimate of drug-likeness (QED) is 0.806. The standard InChI is InChI=1S/C12H21NOS/c1-5-10-6-7-11(15-10)8-12(13-3)9(2)14-4/h6-7,9,12-13H,5,8H2,1-4H3. The molecule has 1 N–H and O–H groups in total. The van der Waals surface area contributed by atoms with E-state index in [4.69, 9.17) is 4.74 Å². The van der Waals surface area contributed by atoms with Crippen LogP contribution in [0.4, 0.5) is 0 Å². The molecule has 1 aromatic heterocycles. The van der Waals surface area contributed by atoms with Crippen molar-refractivity contribution in [3.8, 4) is 0 Å². The van der Waals surface area contributed by atoms with Crippen LogP contribution in [0.2, 0.25) is 0 Å². The van der Waals surface area contributed by atoms with Crippen molar-refractivity contribution in [1.29, 1.82) is 0 Å². The normalized spacial score (nSPS) is 15.2. The van der Waals surface area contributed by atoms with E-state index in [0.717, 1.165) is 12.8 Å². The molecule has 0 aromatic carbocycles. The summed E-state index contributed by atoms with van der Waals surface area (Å²) in [5, 5.41) is 3.31. The molecule has 3 heteroatoms. The van der Waals surface area contributed by atoms with Gasteiger partial charge in [0.05, 0.1) is 6.10 Å². The van der Waals surface area contributed by atoms with Crippen molar-refractivity contribution < 1.29 is 4.74 Å². The Morgan fingerprint density at radius 2 is 2.07 bits per heavy atom. The summed E-state index contributed by atoms with van der Waals surface area (Å²) in [6, 6.07) is 4.86. The van der Waals surface area contributed by atoms with Crippen LogP contribution < -0.4 is 5.32 Å². The van der Waals surface area contributed by atoms with Gasteiger partial charge in [-0.25, -0.2) is 0 Å². The Morgan fingerprint density at radius 3 is 2.53 bits per heavy atom. The van der Waals surface area contributed by atoms with Crippen molar-refractivity contribution in [3.05, 3.63) is 21.9 Å². The SMILES string of the molecule is CCc1ccc(CC(NC)C(C)OC)s1. The van der Waals surface area contributed by atoms with Crippen molar-refractivity contribution in [1.82, 2.24) is 5.32 Å². The molecule has 1 heterocycles. The summed E-state index contributed by atoms with van der Waals surface area (Å²) in [6.07, 6.45) is 2.44. The number of thiophene rings is 1. The molecular weight excluding hydrogens is 206 g/mol. The number of hydrogen-bond acceptors (Lipinski definition) is 3. The molecule has 2 nitrogen and oxygen atoms in total. The molecular formula is C12H21NOS. The van der Waals surface area contributed by atoms with Gasteiger partial charge in [0.2, 0.25) is 0 Å². The number of methoxy groups -OCH3 is 1. The van der Waals surface area contributed by atoms with Crippen LogP contribution in [-0.4, -0.2) is 26.3 Å². The van der Waals surface area contributed by atoms with Gasteiger partial charge in [0.25, 0.3) is 0 Å². The monoisotopic (exact) mass is 227 g/mol. The van der Waals surface area contributed by atoms with Crippen LogP contribution in [-0.2, 0) is 17.6 Å². The van der Waals surface area contributed by atoms with Gasteiger partial charge >= 0.3 is 0 Å². The molecule has 0 spiro atoms. The van der Waals surface area contributed by atoms with Gasteiger partial charge in [-0.1, -0.05) is 6.92 Å². The zero-order valence-corrected chi connectivity index (χ0v) is 10.9. The van der Waals surface area contributed by atoms with Crippen LogP contribution in [0.1, 0.15) is 23.6 Å². The van der Waals surface area contributed by atoms with Crippen LogP contribution in [0.3, 0.4) is 0 Å². The molecule has 0 bridgehead atoms. The first-order valence-electron chi connectivity index (χ1n) is 5.48. The van der Waals surface area contributed by atoms with Gasteiger partial charge in [-0.15, -0.1) is 11.3 Å². The molecule has 0 amide bonds. The molecule has 2 unspecified atom stereocenters. The summed E-state index contributed by atoms with van der Waals surface area (Å²) in [5.41, 5.74) is 0. The first-order chi connectivity index (χ1) is 7.21. The lowest BCUT2D eigenvalue weighted by molar-refractivity contribution is 0.0859. The van der Waals surface area contributed by atoms with Crippen LogP contribution in [0.15, 0.2) is 12.1 Å². The Labute approximate surface area is 96.7 Å². The highest BCUT2D eigenvalue weighted by atomic mass is 32.1. The molecule has 15 heavy (non-hydrogen) atoms. The van der Waals surface area contributed by atoms with Crippen molar-refractivity contribution >= 4 is 11.3 Å². The minimum Gasteiger partial charge on any atom is -0.380 e. The van der Waals surface area contributed by atoms with E-state index in [1.165, 1.54) is 9.75 Å². The fraction of sp³-hybridized carbons (Fsp3) is 0.667. The minimum absolute atomic E-state index is 0.252. The van der Waals surface area contributed by atoms with Gasteiger partial charge < -0.3 is 10.1 Å². The van der Waals surface area contributed by atoms with E-state index in [1.54, 1.807) is 7.11 Å². The van der Waals surface area contributed by atoms with E-state index in [0.29, 0.717) is 6.04 Å². The Bertz CT molecular complexity index is 285. The third-order valence-electron chi connectivity index (χ3n) is 2.80. The van der Waals surface area contributed by atoms with Crippen molar-refractivity contribution in [3.63, 3.8) is 0 Å². The second-order valence-corrected chi connectivity index (χ2v) is 5.01. The number of hydrogen-bond donors (Lipinski definition) is 1. The average molecular weight is 227 g/mol. The molecule has 0 aliphatic heterocycles. The predicted octanol–water partition coefficient (Wildman–Crippen LogP) is 2.48. The Hall–Kier alpha value is -0.380. The van der Waals surface area contributed by atoms with Crippen LogP contribution in [0.5, 0.6) is 0 Å². The largest absolute Gasteiger partial charge is 0.380 e.